The van der Waals surface area contributed by atoms with Gasteiger partial charge in [0, 0.05) is 26.1 Å². The van der Waals surface area contributed by atoms with Gasteiger partial charge in [0.2, 0.25) is 5.89 Å². The summed E-state index contributed by atoms with van der Waals surface area (Å²) in [4.78, 5) is 9.40. The van der Waals surface area contributed by atoms with Crippen molar-refractivity contribution in [2.24, 2.45) is 5.92 Å². The van der Waals surface area contributed by atoms with Crippen LogP contribution in [-0.2, 0) is 6.54 Å². The number of hydrogen-bond donors (Lipinski definition) is 0. The zero-order valence-corrected chi connectivity index (χ0v) is 13.4. The Labute approximate surface area is 127 Å². The van der Waals surface area contributed by atoms with Crippen molar-refractivity contribution in [2.45, 2.75) is 58.0 Å². The minimum atomic E-state index is 0.664. The summed E-state index contributed by atoms with van der Waals surface area (Å²) >= 11 is 0. The van der Waals surface area contributed by atoms with E-state index in [1.807, 2.05) is 6.92 Å². The van der Waals surface area contributed by atoms with Crippen LogP contribution >= 0.6 is 0 Å². The van der Waals surface area contributed by atoms with E-state index in [1.165, 1.54) is 45.1 Å². The Hall–Kier alpha value is -0.940. The average Bonchev–Trinajstić information content (AvgIpc) is 3.11. The number of likely N-dealkylation sites (tertiary alicyclic amines) is 1. The molecule has 0 bridgehead atoms. The molecule has 2 heterocycles. The van der Waals surface area contributed by atoms with Crippen molar-refractivity contribution in [3.8, 4) is 0 Å². The Morgan fingerprint density at radius 2 is 2.05 bits per heavy atom. The first kappa shape index (κ1) is 15.0. The van der Waals surface area contributed by atoms with Crippen LogP contribution in [0.5, 0.6) is 0 Å². The van der Waals surface area contributed by atoms with Gasteiger partial charge in [-0.2, -0.15) is 4.98 Å². The summed E-state index contributed by atoms with van der Waals surface area (Å²) in [5, 5.41) is 4.02. The molecule has 1 aliphatic carbocycles. The van der Waals surface area contributed by atoms with Crippen molar-refractivity contribution >= 4 is 0 Å². The highest BCUT2D eigenvalue weighted by atomic mass is 16.5. The molecule has 1 saturated carbocycles. The molecule has 0 N–H and O–H groups in total. The normalized spacial score (nSPS) is 25.0. The molecule has 1 aromatic rings. The Morgan fingerprint density at radius 1 is 1.24 bits per heavy atom. The quantitative estimate of drug-likeness (QED) is 0.834. The van der Waals surface area contributed by atoms with E-state index in [4.69, 9.17) is 4.52 Å². The van der Waals surface area contributed by atoms with Crippen LogP contribution in [0.25, 0.3) is 0 Å². The fraction of sp³-hybridized carbons (Fsp3) is 0.875. The molecule has 2 aliphatic rings. The standard InChI is InChI=1S/C16H28N4O/c1-13-17-16(18-21-13)12-20-9-5-8-15(11-20)19(2)10-14-6-3-4-7-14/h14-15H,3-12H2,1-2H3. The number of hydrogen-bond acceptors (Lipinski definition) is 5. The molecule has 118 valence electrons. The number of likely N-dealkylation sites (N-methyl/N-ethyl adjacent to an activating group) is 1. The van der Waals surface area contributed by atoms with Crippen molar-refractivity contribution in [3.63, 3.8) is 0 Å². The molecule has 1 saturated heterocycles. The Balaban J connectivity index is 1.50. The lowest BCUT2D eigenvalue weighted by Crippen LogP contribution is -2.47. The highest BCUT2D eigenvalue weighted by Crippen LogP contribution is 2.27. The first-order valence-corrected chi connectivity index (χ1v) is 8.42. The Kier molecular flexibility index (Phi) is 4.91. The number of piperidine rings is 1. The molecule has 21 heavy (non-hydrogen) atoms. The highest BCUT2D eigenvalue weighted by Gasteiger charge is 2.26. The molecule has 1 atom stereocenters. The van der Waals surface area contributed by atoms with Crippen molar-refractivity contribution in [3.05, 3.63) is 11.7 Å². The first-order chi connectivity index (χ1) is 10.2. The second-order valence-electron chi connectivity index (χ2n) is 6.85. The number of aryl methyl sites for hydroxylation is 1. The molecule has 2 fully saturated rings. The van der Waals surface area contributed by atoms with Gasteiger partial charge in [-0.05, 0) is 45.2 Å². The van der Waals surface area contributed by atoms with Gasteiger partial charge in [-0.1, -0.05) is 18.0 Å². The van der Waals surface area contributed by atoms with Gasteiger partial charge >= 0.3 is 0 Å². The maximum atomic E-state index is 5.07. The molecule has 5 heteroatoms. The van der Waals surface area contributed by atoms with E-state index in [0.29, 0.717) is 11.9 Å². The van der Waals surface area contributed by atoms with Gasteiger partial charge in [0.25, 0.3) is 0 Å². The monoisotopic (exact) mass is 292 g/mol. The zero-order valence-electron chi connectivity index (χ0n) is 13.4. The van der Waals surface area contributed by atoms with Crippen LogP contribution in [0, 0.1) is 12.8 Å². The number of nitrogens with zero attached hydrogens (tertiary/aromatic N) is 4. The molecule has 0 spiro atoms. The van der Waals surface area contributed by atoms with Gasteiger partial charge in [0.15, 0.2) is 5.82 Å². The third kappa shape index (κ3) is 4.04. The minimum absolute atomic E-state index is 0.664. The summed E-state index contributed by atoms with van der Waals surface area (Å²) in [6.07, 6.45) is 8.34. The molecule has 0 aromatic carbocycles. The predicted molar refractivity (Wildman–Crippen MR) is 81.9 cm³/mol. The summed E-state index contributed by atoms with van der Waals surface area (Å²) in [5.41, 5.74) is 0. The van der Waals surface area contributed by atoms with E-state index in [2.05, 4.69) is 27.0 Å². The van der Waals surface area contributed by atoms with Crippen LogP contribution in [0.3, 0.4) is 0 Å². The van der Waals surface area contributed by atoms with Crippen LogP contribution in [0.1, 0.15) is 50.2 Å². The van der Waals surface area contributed by atoms with E-state index >= 15 is 0 Å². The van der Waals surface area contributed by atoms with Crippen molar-refractivity contribution in [1.29, 1.82) is 0 Å². The van der Waals surface area contributed by atoms with E-state index in [9.17, 15) is 0 Å². The van der Waals surface area contributed by atoms with Crippen LogP contribution < -0.4 is 0 Å². The third-order valence-corrected chi connectivity index (χ3v) is 5.06. The molecular weight excluding hydrogens is 264 g/mol. The van der Waals surface area contributed by atoms with Gasteiger partial charge in [0.05, 0.1) is 6.54 Å². The second-order valence-corrected chi connectivity index (χ2v) is 6.85. The van der Waals surface area contributed by atoms with Crippen LogP contribution in [0.2, 0.25) is 0 Å². The fourth-order valence-electron chi connectivity index (χ4n) is 3.89. The fourth-order valence-corrected chi connectivity index (χ4v) is 3.89. The summed E-state index contributed by atoms with van der Waals surface area (Å²) in [5.74, 6) is 2.42. The number of rotatable bonds is 5. The SMILES string of the molecule is Cc1nc(CN2CCCC(N(C)CC3CCCC3)C2)no1. The molecule has 1 aliphatic heterocycles. The molecule has 5 nitrogen and oxygen atoms in total. The van der Waals surface area contributed by atoms with E-state index in [1.54, 1.807) is 0 Å². The maximum absolute atomic E-state index is 5.07. The van der Waals surface area contributed by atoms with Gasteiger partial charge < -0.3 is 9.42 Å². The van der Waals surface area contributed by atoms with Gasteiger partial charge in [-0.25, -0.2) is 0 Å². The molecule has 1 aromatic heterocycles. The molecular formula is C16H28N4O. The zero-order chi connectivity index (χ0) is 14.7. The molecule has 3 rings (SSSR count). The minimum Gasteiger partial charge on any atom is -0.340 e. The van der Waals surface area contributed by atoms with E-state index < -0.39 is 0 Å². The Morgan fingerprint density at radius 3 is 2.76 bits per heavy atom. The smallest absolute Gasteiger partial charge is 0.223 e. The lowest BCUT2D eigenvalue weighted by atomic mass is 10.0. The maximum Gasteiger partial charge on any atom is 0.223 e. The average molecular weight is 292 g/mol. The predicted octanol–water partition coefficient (Wildman–Crippen LogP) is 2.46. The summed E-state index contributed by atoms with van der Waals surface area (Å²) in [6, 6.07) is 0.687. The van der Waals surface area contributed by atoms with Crippen molar-refractivity contribution < 1.29 is 4.52 Å². The summed E-state index contributed by atoms with van der Waals surface area (Å²) < 4.78 is 5.07. The molecule has 0 radical (unpaired) electrons. The lowest BCUT2D eigenvalue weighted by molar-refractivity contribution is 0.0985. The van der Waals surface area contributed by atoms with Crippen LogP contribution in [-0.4, -0.2) is 52.7 Å². The highest BCUT2D eigenvalue weighted by molar-refractivity contribution is 4.87. The summed E-state index contributed by atoms with van der Waals surface area (Å²) in [7, 11) is 2.31. The van der Waals surface area contributed by atoms with Crippen LogP contribution in [0.15, 0.2) is 4.52 Å². The van der Waals surface area contributed by atoms with Crippen LogP contribution in [0.4, 0.5) is 0 Å². The molecule has 0 amide bonds. The van der Waals surface area contributed by atoms with Crippen molar-refractivity contribution in [1.82, 2.24) is 19.9 Å². The van der Waals surface area contributed by atoms with E-state index in [0.717, 1.165) is 31.4 Å². The van der Waals surface area contributed by atoms with Gasteiger partial charge in [-0.15, -0.1) is 0 Å². The Bertz CT molecular complexity index is 441. The number of aromatic nitrogens is 2. The van der Waals surface area contributed by atoms with Gasteiger partial charge in [0.1, 0.15) is 0 Å². The van der Waals surface area contributed by atoms with Gasteiger partial charge in [-0.3, -0.25) is 4.90 Å². The van der Waals surface area contributed by atoms with E-state index in [-0.39, 0.29) is 0 Å². The lowest BCUT2D eigenvalue weighted by Gasteiger charge is -2.38. The molecule has 1 unspecified atom stereocenters. The third-order valence-electron chi connectivity index (χ3n) is 5.06. The first-order valence-electron chi connectivity index (χ1n) is 8.42. The largest absolute Gasteiger partial charge is 0.340 e. The van der Waals surface area contributed by atoms with Crippen molar-refractivity contribution in [2.75, 3.05) is 26.7 Å². The topological polar surface area (TPSA) is 45.4 Å². The second kappa shape index (κ2) is 6.88. The summed E-state index contributed by atoms with van der Waals surface area (Å²) in [6.45, 7) is 6.24.